The molecule has 0 aliphatic rings. The van der Waals surface area contributed by atoms with E-state index in [1.165, 1.54) is 0 Å². The molecule has 0 aromatic heterocycles. The number of nitrogens with zero attached hydrogens (tertiary/aromatic N) is 1. The zero-order valence-corrected chi connectivity index (χ0v) is 10.1. The molecule has 0 saturated heterocycles. The average Bonchev–Trinajstić information content (AvgIpc) is 2.25. The van der Waals surface area contributed by atoms with Crippen molar-refractivity contribution in [1.29, 1.82) is 0 Å². The van der Waals surface area contributed by atoms with Crippen molar-refractivity contribution in [2.24, 2.45) is 22.4 Å². The molecule has 1 atom stereocenters. The Labute approximate surface area is 96.9 Å². The number of hydrogen-bond acceptors (Lipinski definition) is 4. The Bertz CT molecular complexity index is 184. The number of aliphatic imine (C=N–C) groups is 1. The summed E-state index contributed by atoms with van der Waals surface area (Å²) in [6, 6.07) is 0. The minimum absolute atomic E-state index is 0.120. The van der Waals surface area contributed by atoms with E-state index < -0.39 is 0 Å². The zero-order valence-electron chi connectivity index (χ0n) is 10.1. The Morgan fingerprint density at radius 2 is 1.75 bits per heavy atom. The summed E-state index contributed by atoms with van der Waals surface area (Å²) in [7, 11) is 1.64. The van der Waals surface area contributed by atoms with Gasteiger partial charge in [-0.2, -0.15) is 0 Å². The molecule has 0 aliphatic carbocycles. The van der Waals surface area contributed by atoms with Crippen LogP contribution in [0.25, 0.3) is 0 Å². The van der Waals surface area contributed by atoms with Crippen molar-refractivity contribution < 1.29 is 14.2 Å². The van der Waals surface area contributed by atoms with Crippen LogP contribution in [0.15, 0.2) is 4.99 Å². The molecule has 0 amide bonds. The maximum atomic E-state index is 5.39. The largest absolute Gasteiger partial charge is 0.382 e. The van der Waals surface area contributed by atoms with Gasteiger partial charge in [0.05, 0.1) is 33.0 Å². The first-order chi connectivity index (χ1) is 7.66. The molecule has 0 radical (unpaired) electrons. The smallest absolute Gasteiger partial charge is 0.185 e. The third kappa shape index (κ3) is 11.2. The molecule has 0 spiro atoms. The van der Waals surface area contributed by atoms with Crippen molar-refractivity contribution in [2.75, 3.05) is 46.7 Å². The van der Waals surface area contributed by atoms with Crippen molar-refractivity contribution in [2.45, 2.75) is 6.92 Å². The summed E-state index contributed by atoms with van der Waals surface area (Å²) in [5.74, 6) is 0.427. The standard InChI is InChI=1S/C10H23N3O3/c1-9(7-13-10(11)12)8-16-6-5-15-4-3-14-2/h9H,3-8H2,1-2H3,(H4,11,12,13). The van der Waals surface area contributed by atoms with Crippen LogP contribution in [-0.4, -0.2) is 52.6 Å². The minimum atomic E-state index is 0.120. The quantitative estimate of drug-likeness (QED) is 0.303. The molecule has 6 heteroatoms. The molecular weight excluding hydrogens is 210 g/mol. The van der Waals surface area contributed by atoms with Crippen LogP contribution in [0.4, 0.5) is 0 Å². The van der Waals surface area contributed by atoms with Crippen LogP contribution in [-0.2, 0) is 14.2 Å². The molecule has 6 nitrogen and oxygen atoms in total. The lowest BCUT2D eigenvalue weighted by molar-refractivity contribution is 0.0178. The highest BCUT2D eigenvalue weighted by Crippen LogP contribution is 1.96. The minimum Gasteiger partial charge on any atom is -0.382 e. The van der Waals surface area contributed by atoms with Gasteiger partial charge in [0.25, 0.3) is 0 Å². The van der Waals surface area contributed by atoms with E-state index >= 15 is 0 Å². The summed E-state index contributed by atoms with van der Waals surface area (Å²) in [4.78, 5) is 3.91. The van der Waals surface area contributed by atoms with Gasteiger partial charge < -0.3 is 25.7 Å². The van der Waals surface area contributed by atoms with Crippen LogP contribution in [0.1, 0.15) is 6.92 Å². The van der Waals surface area contributed by atoms with Gasteiger partial charge >= 0.3 is 0 Å². The number of ether oxygens (including phenoxy) is 3. The number of hydrogen-bond donors (Lipinski definition) is 2. The van der Waals surface area contributed by atoms with Crippen molar-refractivity contribution in [3.8, 4) is 0 Å². The first kappa shape index (κ1) is 15.2. The topological polar surface area (TPSA) is 92.1 Å². The van der Waals surface area contributed by atoms with E-state index in [-0.39, 0.29) is 5.96 Å². The van der Waals surface area contributed by atoms with E-state index in [9.17, 15) is 0 Å². The Morgan fingerprint density at radius 3 is 2.38 bits per heavy atom. The molecule has 0 heterocycles. The molecule has 0 aromatic rings. The second kappa shape index (κ2) is 10.7. The summed E-state index contributed by atoms with van der Waals surface area (Å²) in [5, 5.41) is 0. The maximum absolute atomic E-state index is 5.39. The van der Waals surface area contributed by atoms with Gasteiger partial charge in [-0.3, -0.25) is 4.99 Å². The predicted octanol–water partition coefficient (Wildman–Crippen LogP) is -0.424. The van der Waals surface area contributed by atoms with Crippen molar-refractivity contribution in [1.82, 2.24) is 0 Å². The van der Waals surface area contributed by atoms with E-state index in [0.717, 1.165) is 0 Å². The van der Waals surface area contributed by atoms with Crippen LogP contribution in [0, 0.1) is 5.92 Å². The highest BCUT2D eigenvalue weighted by atomic mass is 16.5. The monoisotopic (exact) mass is 233 g/mol. The second-order valence-corrected chi connectivity index (χ2v) is 3.55. The van der Waals surface area contributed by atoms with E-state index in [2.05, 4.69) is 4.99 Å². The molecule has 0 aromatic carbocycles. The summed E-state index contributed by atoms with van der Waals surface area (Å²) in [6.45, 7) is 5.62. The molecule has 0 bridgehead atoms. The number of nitrogens with two attached hydrogens (primary N) is 2. The molecular formula is C10H23N3O3. The van der Waals surface area contributed by atoms with Crippen LogP contribution in [0.2, 0.25) is 0 Å². The molecule has 0 aliphatic heterocycles. The SMILES string of the molecule is COCCOCCOCC(C)CN=C(N)N. The summed E-state index contributed by atoms with van der Waals surface area (Å²) >= 11 is 0. The number of methoxy groups -OCH3 is 1. The van der Waals surface area contributed by atoms with E-state index in [0.29, 0.717) is 45.5 Å². The number of guanidine groups is 1. The molecule has 16 heavy (non-hydrogen) atoms. The van der Waals surface area contributed by atoms with Gasteiger partial charge in [0, 0.05) is 13.7 Å². The van der Waals surface area contributed by atoms with Crippen LogP contribution >= 0.6 is 0 Å². The van der Waals surface area contributed by atoms with Crippen molar-refractivity contribution in [3.05, 3.63) is 0 Å². The Kier molecular flexibility index (Phi) is 10.1. The van der Waals surface area contributed by atoms with Gasteiger partial charge in [-0.25, -0.2) is 0 Å². The highest BCUT2D eigenvalue weighted by Gasteiger charge is 2.00. The normalized spacial score (nSPS) is 12.4. The Hall–Kier alpha value is -0.850. The van der Waals surface area contributed by atoms with Crippen LogP contribution in [0.3, 0.4) is 0 Å². The fourth-order valence-corrected chi connectivity index (χ4v) is 0.961. The fourth-order valence-electron chi connectivity index (χ4n) is 0.961. The van der Waals surface area contributed by atoms with Crippen molar-refractivity contribution in [3.63, 3.8) is 0 Å². The van der Waals surface area contributed by atoms with E-state index in [1.54, 1.807) is 7.11 Å². The van der Waals surface area contributed by atoms with Crippen LogP contribution < -0.4 is 11.5 Å². The van der Waals surface area contributed by atoms with Gasteiger partial charge in [0.15, 0.2) is 5.96 Å². The maximum Gasteiger partial charge on any atom is 0.185 e. The predicted molar refractivity (Wildman–Crippen MR) is 63.4 cm³/mol. The lowest BCUT2D eigenvalue weighted by Gasteiger charge is -2.09. The van der Waals surface area contributed by atoms with E-state index in [1.807, 2.05) is 6.92 Å². The third-order valence-corrected chi connectivity index (χ3v) is 1.79. The first-order valence-corrected chi connectivity index (χ1v) is 5.36. The molecule has 4 N–H and O–H groups in total. The van der Waals surface area contributed by atoms with Gasteiger partial charge in [0.2, 0.25) is 0 Å². The summed E-state index contributed by atoms with van der Waals surface area (Å²) < 4.78 is 15.5. The average molecular weight is 233 g/mol. The van der Waals surface area contributed by atoms with Gasteiger partial charge in [0.1, 0.15) is 0 Å². The lowest BCUT2D eigenvalue weighted by Crippen LogP contribution is -2.24. The highest BCUT2D eigenvalue weighted by molar-refractivity contribution is 5.75. The molecule has 0 rings (SSSR count). The summed E-state index contributed by atoms with van der Waals surface area (Å²) in [6.07, 6.45) is 0. The first-order valence-electron chi connectivity index (χ1n) is 5.36. The summed E-state index contributed by atoms with van der Waals surface area (Å²) in [5.41, 5.74) is 10.4. The Balaban J connectivity index is 3.21. The third-order valence-electron chi connectivity index (χ3n) is 1.79. The fraction of sp³-hybridized carbons (Fsp3) is 0.900. The van der Waals surface area contributed by atoms with Crippen molar-refractivity contribution >= 4 is 5.96 Å². The molecule has 0 saturated carbocycles. The van der Waals surface area contributed by atoms with Crippen LogP contribution in [0.5, 0.6) is 0 Å². The number of rotatable bonds is 10. The van der Waals surface area contributed by atoms with Gasteiger partial charge in [-0.05, 0) is 5.92 Å². The van der Waals surface area contributed by atoms with Gasteiger partial charge in [-0.1, -0.05) is 6.92 Å². The Morgan fingerprint density at radius 1 is 1.12 bits per heavy atom. The zero-order chi connectivity index (χ0) is 12.2. The second-order valence-electron chi connectivity index (χ2n) is 3.55. The molecule has 0 fully saturated rings. The van der Waals surface area contributed by atoms with Gasteiger partial charge in [-0.15, -0.1) is 0 Å². The lowest BCUT2D eigenvalue weighted by atomic mass is 10.2. The molecule has 96 valence electrons. The van der Waals surface area contributed by atoms with E-state index in [4.69, 9.17) is 25.7 Å². The molecule has 1 unspecified atom stereocenters.